The molecule has 4 atom stereocenters. The van der Waals surface area contributed by atoms with Gasteiger partial charge in [-0.25, -0.2) is 0 Å². The van der Waals surface area contributed by atoms with Crippen LogP contribution >= 0.6 is 0 Å². The molecule has 1 fully saturated rings. The maximum Gasteiger partial charge on any atom is -0.0363 e. The van der Waals surface area contributed by atoms with E-state index in [1.54, 1.807) is 0 Å². The van der Waals surface area contributed by atoms with Crippen molar-refractivity contribution >= 4 is 0 Å². The molecule has 90 valence electrons. The summed E-state index contributed by atoms with van der Waals surface area (Å²) in [5.41, 5.74) is 0. The zero-order chi connectivity index (χ0) is 11.3. The van der Waals surface area contributed by atoms with Gasteiger partial charge in [0.05, 0.1) is 0 Å². The molecule has 0 aliphatic heterocycles. The van der Waals surface area contributed by atoms with Crippen LogP contribution in [-0.2, 0) is 0 Å². The summed E-state index contributed by atoms with van der Waals surface area (Å²) in [7, 11) is 0. The van der Waals surface area contributed by atoms with Crippen molar-refractivity contribution in [3.63, 3.8) is 0 Å². The normalized spacial score (nSPS) is 34.0. The summed E-state index contributed by atoms with van der Waals surface area (Å²) in [6, 6.07) is 0. The fourth-order valence-electron chi connectivity index (χ4n) is 3.39. The van der Waals surface area contributed by atoms with Crippen molar-refractivity contribution in [3.05, 3.63) is 0 Å². The highest BCUT2D eigenvalue weighted by Crippen LogP contribution is 2.39. The lowest BCUT2D eigenvalue weighted by Crippen LogP contribution is -2.26. The van der Waals surface area contributed by atoms with Crippen molar-refractivity contribution in [2.75, 3.05) is 0 Å². The number of hydrogen-bond donors (Lipinski definition) is 0. The summed E-state index contributed by atoms with van der Waals surface area (Å²) in [4.78, 5) is 0. The van der Waals surface area contributed by atoms with E-state index >= 15 is 0 Å². The molecule has 0 spiro atoms. The van der Waals surface area contributed by atoms with E-state index in [1.165, 1.54) is 44.9 Å². The van der Waals surface area contributed by atoms with Crippen molar-refractivity contribution in [1.82, 2.24) is 0 Å². The van der Waals surface area contributed by atoms with Gasteiger partial charge >= 0.3 is 0 Å². The smallest absolute Gasteiger partial charge is 0.0363 e. The van der Waals surface area contributed by atoms with E-state index < -0.39 is 0 Å². The first-order valence-corrected chi connectivity index (χ1v) is 7.19. The van der Waals surface area contributed by atoms with Crippen LogP contribution in [0.4, 0.5) is 0 Å². The molecule has 0 aromatic heterocycles. The molecule has 1 aliphatic rings. The summed E-state index contributed by atoms with van der Waals surface area (Å²) >= 11 is 0. The van der Waals surface area contributed by atoms with Gasteiger partial charge in [0.25, 0.3) is 0 Å². The van der Waals surface area contributed by atoms with Crippen LogP contribution in [0.15, 0.2) is 0 Å². The summed E-state index contributed by atoms with van der Waals surface area (Å²) in [5, 5.41) is 0. The first-order valence-electron chi connectivity index (χ1n) is 7.19. The van der Waals surface area contributed by atoms with E-state index in [4.69, 9.17) is 0 Å². The minimum absolute atomic E-state index is 0.944. The van der Waals surface area contributed by atoms with Gasteiger partial charge in [0, 0.05) is 0 Å². The van der Waals surface area contributed by atoms with Gasteiger partial charge in [0.2, 0.25) is 0 Å². The molecule has 1 rings (SSSR count). The Morgan fingerprint density at radius 3 is 2.53 bits per heavy atom. The lowest BCUT2D eigenvalue weighted by atomic mass is 9.69. The van der Waals surface area contributed by atoms with E-state index in [0.29, 0.717) is 0 Å². The Morgan fingerprint density at radius 1 is 1.20 bits per heavy atom. The molecule has 0 radical (unpaired) electrons. The van der Waals surface area contributed by atoms with Crippen molar-refractivity contribution < 1.29 is 0 Å². The topological polar surface area (TPSA) is 0 Å². The summed E-state index contributed by atoms with van der Waals surface area (Å²) in [5.74, 6) is 4.01. The Labute approximate surface area is 96.8 Å². The molecule has 0 aromatic carbocycles. The van der Waals surface area contributed by atoms with Gasteiger partial charge in [-0.15, -0.1) is 0 Å². The third-order valence-corrected chi connectivity index (χ3v) is 4.77. The monoisotopic (exact) mass is 210 g/mol. The van der Waals surface area contributed by atoms with Crippen LogP contribution in [-0.4, -0.2) is 0 Å². The molecule has 0 heterocycles. The van der Waals surface area contributed by atoms with Gasteiger partial charge in [0.15, 0.2) is 0 Å². The molecule has 0 amide bonds. The van der Waals surface area contributed by atoms with E-state index in [0.717, 1.165) is 23.7 Å². The molecule has 0 N–H and O–H groups in total. The largest absolute Gasteiger partial charge is 0.0651 e. The van der Waals surface area contributed by atoms with Gasteiger partial charge in [-0.3, -0.25) is 0 Å². The maximum atomic E-state index is 2.48. The molecule has 15 heavy (non-hydrogen) atoms. The van der Waals surface area contributed by atoms with E-state index in [2.05, 4.69) is 27.7 Å². The van der Waals surface area contributed by atoms with Crippen molar-refractivity contribution in [3.8, 4) is 0 Å². The first-order chi connectivity index (χ1) is 7.19. The first kappa shape index (κ1) is 13.1. The SMILES string of the molecule is CCC(C)CCC1CCCC(C)C1CC. The number of hydrogen-bond acceptors (Lipinski definition) is 0. The minimum atomic E-state index is 0.944. The lowest BCUT2D eigenvalue weighted by molar-refractivity contribution is 0.144. The Bertz CT molecular complexity index is 161. The fraction of sp³-hybridized carbons (Fsp3) is 1.00. The number of rotatable bonds is 5. The second-order valence-corrected chi connectivity index (χ2v) is 5.83. The predicted molar refractivity (Wildman–Crippen MR) is 69.0 cm³/mol. The van der Waals surface area contributed by atoms with Crippen LogP contribution in [0.5, 0.6) is 0 Å². The molecule has 0 heteroatoms. The molecule has 4 unspecified atom stereocenters. The van der Waals surface area contributed by atoms with Crippen molar-refractivity contribution in [1.29, 1.82) is 0 Å². The highest BCUT2D eigenvalue weighted by Gasteiger charge is 2.28. The van der Waals surface area contributed by atoms with Gasteiger partial charge in [-0.1, -0.05) is 66.2 Å². The van der Waals surface area contributed by atoms with Crippen LogP contribution in [0.3, 0.4) is 0 Å². The Kier molecular flexibility index (Phi) is 5.71. The summed E-state index contributed by atoms with van der Waals surface area (Å²) < 4.78 is 0. The van der Waals surface area contributed by atoms with E-state index in [9.17, 15) is 0 Å². The fourth-order valence-corrected chi connectivity index (χ4v) is 3.39. The minimum Gasteiger partial charge on any atom is -0.0651 e. The third kappa shape index (κ3) is 3.81. The van der Waals surface area contributed by atoms with Crippen molar-refractivity contribution in [2.45, 2.75) is 72.6 Å². The molecular weight excluding hydrogens is 180 g/mol. The second kappa shape index (κ2) is 6.55. The van der Waals surface area contributed by atoms with Crippen LogP contribution < -0.4 is 0 Å². The molecule has 0 bridgehead atoms. The standard InChI is InChI=1S/C15H30/c1-5-12(3)10-11-14-9-7-8-13(4)15(14)6-2/h12-15H,5-11H2,1-4H3. The zero-order valence-corrected chi connectivity index (χ0v) is 11.3. The van der Waals surface area contributed by atoms with Crippen LogP contribution in [0.1, 0.15) is 72.6 Å². The summed E-state index contributed by atoms with van der Waals surface area (Å²) in [6.07, 6.45) is 10.2. The Balaban J connectivity index is 2.37. The van der Waals surface area contributed by atoms with Gasteiger partial charge < -0.3 is 0 Å². The van der Waals surface area contributed by atoms with Crippen LogP contribution in [0.2, 0.25) is 0 Å². The third-order valence-electron chi connectivity index (χ3n) is 4.77. The van der Waals surface area contributed by atoms with Gasteiger partial charge in [0.1, 0.15) is 0 Å². The van der Waals surface area contributed by atoms with E-state index in [1.807, 2.05) is 0 Å². The highest BCUT2D eigenvalue weighted by molar-refractivity contribution is 4.79. The maximum absolute atomic E-state index is 2.48. The molecular formula is C15H30. The average molecular weight is 210 g/mol. The van der Waals surface area contributed by atoms with Crippen molar-refractivity contribution in [2.24, 2.45) is 23.7 Å². The summed E-state index contributed by atoms with van der Waals surface area (Å²) in [6.45, 7) is 9.60. The Morgan fingerprint density at radius 2 is 1.93 bits per heavy atom. The average Bonchev–Trinajstić information content (AvgIpc) is 2.25. The zero-order valence-electron chi connectivity index (χ0n) is 11.3. The molecule has 1 saturated carbocycles. The van der Waals surface area contributed by atoms with Crippen LogP contribution in [0.25, 0.3) is 0 Å². The van der Waals surface area contributed by atoms with E-state index in [-0.39, 0.29) is 0 Å². The highest BCUT2D eigenvalue weighted by atomic mass is 14.3. The van der Waals surface area contributed by atoms with Crippen LogP contribution in [0, 0.1) is 23.7 Å². The molecule has 0 aromatic rings. The quantitative estimate of drug-likeness (QED) is 0.579. The molecule has 1 aliphatic carbocycles. The van der Waals surface area contributed by atoms with Gasteiger partial charge in [-0.05, 0) is 30.1 Å². The Hall–Kier alpha value is 0. The second-order valence-electron chi connectivity index (χ2n) is 5.83. The molecule has 0 nitrogen and oxygen atoms in total. The predicted octanol–water partition coefficient (Wildman–Crippen LogP) is 5.28. The lowest BCUT2D eigenvalue weighted by Gasteiger charge is -2.36. The molecule has 0 saturated heterocycles. The van der Waals surface area contributed by atoms with Gasteiger partial charge in [-0.2, -0.15) is 0 Å².